The van der Waals surface area contributed by atoms with Gasteiger partial charge in [-0.1, -0.05) is 64.7 Å². The quantitative estimate of drug-likeness (QED) is 0.107. The van der Waals surface area contributed by atoms with Crippen molar-refractivity contribution in [3.63, 3.8) is 0 Å². The first-order valence-electron chi connectivity index (χ1n) is 12.4. The normalized spacial score (nSPS) is 15.2. The van der Waals surface area contributed by atoms with Crippen molar-refractivity contribution in [2.45, 2.75) is 125 Å². The zero-order valence-electron chi connectivity index (χ0n) is 21.9. The van der Waals surface area contributed by atoms with E-state index in [0.29, 0.717) is 12.8 Å². The molecule has 0 saturated carbocycles. The lowest BCUT2D eigenvalue weighted by atomic mass is 9.87. The maximum atomic E-state index is 13.9. The Kier molecular flexibility index (Phi) is 13.1. The fourth-order valence-corrected chi connectivity index (χ4v) is 3.43. The second-order valence-corrected chi connectivity index (χ2v) is 9.53. The van der Waals surface area contributed by atoms with Crippen LogP contribution in [0.2, 0.25) is 0 Å². The van der Waals surface area contributed by atoms with Crippen molar-refractivity contribution in [2.24, 2.45) is 0 Å². The number of carbonyl (C=O) groups is 1. The van der Waals surface area contributed by atoms with Gasteiger partial charge in [0.1, 0.15) is 0 Å². The molecule has 258 valence electrons. The summed E-state index contributed by atoms with van der Waals surface area (Å²) in [5.74, 6) is -71.5. The maximum absolute atomic E-state index is 13.9. The Morgan fingerprint density at radius 2 is 0.698 bits per heavy atom. The van der Waals surface area contributed by atoms with E-state index in [4.69, 9.17) is 0 Å². The van der Waals surface area contributed by atoms with Gasteiger partial charge >= 0.3 is 53.6 Å². The highest BCUT2D eigenvalue weighted by Crippen LogP contribution is 2.65. The van der Waals surface area contributed by atoms with Crippen molar-refractivity contribution in [1.29, 1.82) is 0 Å². The first-order valence-corrected chi connectivity index (χ1v) is 12.4. The molecule has 0 aromatic heterocycles. The van der Waals surface area contributed by atoms with Crippen LogP contribution >= 0.6 is 0 Å². The van der Waals surface area contributed by atoms with Crippen molar-refractivity contribution < 1.29 is 88.2 Å². The van der Waals surface area contributed by atoms with Crippen LogP contribution in [-0.4, -0.2) is 66.0 Å². The van der Waals surface area contributed by atoms with Crippen molar-refractivity contribution in [2.75, 3.05) is 6.54 Å². The molecule has 0 unspecified atom stereocenters. The number of hydrogen-bond acceptors (Lipinski definition) is 1. The van der Waals surface area contributed by atoms with Gasteiger partial charge in [-0.15, -0.1) is 0 Å². The molecule has 0 aliphatic heterocycles. The zero-order chi connectivity index (χ0) is 34.6. The van der Waals surface area contributed by atoms with Crippen LogP contribution in [0, 0.1) is 0 Å². The first kappa shape index (κ1) is 41.1. The van der Waals surface area contributed by atoms with Gasteiger partial charge in [-0.2, -0.15) is 83.4 Å². The number of unbranched alkanes of at least 4 members (excludes halogenated alkanes) is 9. The Morgan fingerprint density at radius 1 is 0.419 bits per heavy atom. The lowest BCUT2D eigenvalue weighted by Crippen LogP contribution is -2.76. The van der Waals surface area contributed by atoms with Crippen molar-refractivity contribution in [1.82, 2.24) is 5.32 Å². The Morgan fingerprint density at radius 3 is 1.02 bits per heavy atom. The summed E-state index contributed by atoms with van der Waals surface area (Å²) in [4.78, 5) is 11.4. The van der Waals surface area contributed by atoms with E-state index in [1.54, 1.807) is 0 Å². The van der Waals surface area contributed by atoms with Crippen LogP contribution in [0.5, 0.6) is 0 Å². The molecule has 0 heterocycles. The van der Waals surface area contributed by atoms with Gasteiger partial charge in [0.05, 0.1) is 0 Å². The molecule has 0 radical (unpaired) electrons. The molecule has 0 bridgehead atoms. The minimum absolute atomic E-state index is 0.115. The fourth-order valence-electron chi connectivity index (χ4n) is 3.43. The summed E-state index contributed by atoms with van der Waals surface area (Å²) in [7, 11) is 0. The van der Waals surface area contributed by atoms with E-state index in [2.05, 4.69) is 0 Å². The summed E-state index contributed by atoms with van der Waals surface area (Å²) in [6, 6.07) is 0. The Bertz CT molecular complexity index is 897. The number of nitrogens with one attached hydrogen (secondary N) is 1. The molecule has 0 rings (SSSR count). The van der Waals surface area contributed by atoms with Gasteiger partial charge in [-0.25, -0.2) is 0 Å². The molecular weight excluding hydrogens is 655 g/mol. The Hall–Kier alpha value is -1.86. The molecule has 0 spiro atoms. The molecule has 1 amide bonds. The van der Waals surface area contributed by atoms with Gasteiger partial charge in [0.25, 0.3) is 5.91 Å². The third-order valence-electron chi connectivity index (χ3n) is 6.22. The van der Waals surface area contributed by atoms with Gasteiger partial charge in [-0.3, -0.25) is 4.79 Å². The van der Waals surface area contributed by atoms with Gasteiger partial charge in [0.15, 0.2) is 0 Å². The summed E-state index contributed by atoms with van der Waals surface area (Å²) < 4.78 is 253. The minimum atomic E-state index is -9.01. The van der Waals surface area contributed by atoms with Crippen LogP contribution in [-0.2, 0) is 4.79 Å². The third-order valence-corrected chi connectivity index (χ3v) is 6.22. The highest BCUT2D eigenvalue weighted by Gasteiger charge is 2.97. The lowest BCUT2D eigenvalue weighted by Gasteiger charge is -2.43. The minimum Gasteiger partial charge on any atom is -0.351 e. The third kappa shape index (κ3) is 7.35. The first-order chi connectivity index (χ1) is 19.0. The lowest BCUT2D eigenvalue weighted by molar-refractivity contribution is -0.467. The van der Waals surface area contributed by atoms with Gasteiger partial charge < -0.3 is 5.32 Å². The van der Waals surface area contributed by atoms with E-state index in [9.17, 15) is 88.2 Å². The van der Waals surface area contributed by atoms with Gasteiger partial charge in [-0.05, 0) is 6.42 Å². The molecule has 0 saturated heterocycles. The summed E-state index contributed by atoms with van der Waals surface area (Å²) in [6.07, 6.45) is -1.68. The average molecular weight is 681 g/mol. The number of hydrogen-bond donors (Lipinski definition) is 1. The molecule has 0 aliphatic rings. The van der Waals surface area contributed by atoms with E-state index in [0.717, 1.165) is 43.8 Å². The van der Waals surface area contributed by atoms with Crippen molar-refractivity contribution in [3.8, 4) is 0 Å². The SMILES string of the molecule is CCCCCCCCCCCCNC(=O)C(F)(F)C(F)(F)C(F)(F)C(F)(F)C(F)(F)C(F)(F)C(F)(F)C(F)(F)C(F)(F)F. The summed E-state index contributed by atoms with van der Waals surface area (Å²) in [5, 5.41) is 0.881. The van der Waals surface area contributed by atoms with Crippen molar-refractivity contribution in [3.05, 3.63) is 0 Å². The molecule has 0 fully saturated rings. The van der Waals surface area contributed by atoms with E-state index in [-0.39, 0.29) is 12.8 Å². The number of alkyl halides is 19. The molecule has 2 nitrogen and oxygen atoms in total. The van der Waals surface area contributed by atoms with Gasteiger partial charge in [0.2, 0.25) is 0 Å². The van der Waals surface area contributed by atoms with Crippen LogP contribution in [0.4, 0.5) is 83.4 Å². The highest BCUT2D eigenvalue weighted by atomic mass is 19.4. The number of halogens is 19. The predicted octanol–water partition coefficient (Wildman–Crippen LogP) is 9.67. The second-order valence-electron chi connectivity index (χ2n) is 9.53. The van der Waals surface area contributed by atoms with Crippen LogP contribution in [0.3, 0.4) is 0 Å². The molecule has 0 aromatic carbocycles. The smallest absolute Gasteiger partial charge is 0.351 e. The molecule has 0 atom stereocenters. The number of amides is 1. The van der Waals surface area contributed by atoms with Crippen LogP contribution in [0.1, 0.15) is 71.1 Å². The molecule has 0 aliphatic carbocycles. The number of rotatable bonds is 19. The van der Waals surface area contributed by atoms with Crippen LogP contribution in [0.15, 0.2) is 0 Å². The van der Waals surface area contributed by atoms with Crippen LogP contribution < -0.4 is 5.32 Å². The molecule has 21 heteroatoms. The zero-order valence-corrected chi connectivity index (χ0v) is 21.9. The largest absolute Gasteiger partial charge is 0.460 e. The average Bonchev–Trinajstić information content (AvgIpc) is 2.85. The van der Waals surface area contributed by atoms with Gasteiger partial charge in [0, 0.05) is 6.54 Å². The van der Waals surface area contributed by atoms with E-state index < -0.39 is 66.0 Å². The molecule has 1 N–H and O–H groups in total. The highest BCUT2D eigenvalue weighted by molar-refractivity contribution is 5.84. The topological polar surface area (TPSA) is 29.1 Å². The summed E-state index contributed by atoms with van der Waals surface area (Å²) in [5.41, 5.74) is 0. The molecule has 0 aromatic rings. The molecular formula is C22H26F19NO. The maximum Gasteiger partial charge on any atom is 0.460 e. The Balaban J connectivity index is 5.80. The fraction of sp³-hybridized carbons (Fsp3) is 0.955. The Labute approximate surface area is 231 Å². The summed E-state index contributed by atoms with van der Waals surface area (Å²) >= 11 is 0. The van der Waals surface area contributed by atoms with E-state index in [1.807, 2.05) is 6.92 Å². The summed E-state index contributed by atoms with van der Waals surface area (Å²) in [6.45, 7) is 0.966. The molecule has 43 heavy (non-hydrogen) atoms. The van der Waals surface area contributed by atoms with Crippen molar-refractivity contribution >= 4 is 5.91 Å². The standard InChI is InChI=1S/C22H26F19NO/c1-2-3-4-5-6-7-8-9-10-11-12-42-13(43)14(23,24)15(25,26)16(27,28)17(29,30)18(31,32)19(33,34)20(35,36)21(37,38)22(39,40)41/h2-12H2,1H3,(H,42,43). The monoisotopic (exact) mass is 681 g/mol. The predicted molar refractivity (Wildman–Crippen MR) is 110 cm³/mol. The van der Waals surface area contributed by atoms with E-state index in [1.165, 1.54) is 0 Å². The van der Waals surface area contributed by atoms with Crippen LogP contribution in [0.25, 0.3) is 0 Å². The second kappa shape index (κ2) is 13.6. The van der Waals surface area contributed by atoms with E-state index >= 15 is 0 Å². The number of carbonyl (C=O) groups excluding carboxylic acids is 1.